The summed E-state index contributed by atoms with van der Waals surface area (Å²) in [4.78, 5) is 28.9. The fourth-order valence-corrected chi connectivity index (χ4v) is 4.30. The summed E-state index contributed by atoms with van der Waals surface area (Å²) in [6.45, 7) is 3.34. The van der Waals surface area contributed by atoms with Crippen LogP contribution in [0.2, 0.25) is 0 Å². The van der Waals surface area contributed by atoms with E-state index >= 15 is 0 Å². The number of amides is 2. The van der Waals surface area contributed by atoms with Gasteiger partial charge < -0.3 is 9.84 Å². The number of halogens is 1. The minimum absolute atomic E-state index is 0.0814. The van der Waals surface area contributed by atoms with E-state index < -0.39 is 17.8 Å². The third kappa shape index (κ3) is 4.42. The lowest BCUT2D eigenvalue weighted by Gasteiger charge is -2.32. The SMILES string of the molecule is Cc1noc(C)c1C(=O)N(c1ccc(F)cc1)[C@H](C(=O)NC1CCCC1)c1ccccc1. The van der Waals surface area contributed by atoms with E-state index in [0.717, 1.165) is 25.7 Å². The average molecular weight is 435 g/mol. The molecule has 0 spiro atoms. The zero-order valence-corrected chi connectivity index (χ0v) is 18.2. The molecular weight excluding hydrogens is 409 g/mol. The number of hydrogen-bond acceptors (Lipinski definition) is 4. The average Bonchev–Trinajstić information content (AvgIpc) is 3.42. The summed E-state index contributed by atoms with van der Waals surface area (Å²) in [5.41, 5.74) is 1.80. The van der Waals surface area contributed by atoms with E-state index in [-0.39, 0.29) is 11.9 Å². The van der Waals surface area contributed by atoms with E-state index in [9.17, 15) is 14.0 Å². The predicted molar refractivity (Wildman–Crippen MR) is 119 cm³/mol. The highest BCUT2D eigenvalue weighted by Gasteiger charge is 2.36. The second kappa shape index (κ2) is 9.34. The van der Waals surface area contributed by atoms with Crippen LogP contribution in [-0.4, -0.2) is 23.0 Å². The van der Waals surface area contributed by atoms with Crippen molar-refractivity contribution in [2.24, 2.45) is 0 Å². The first-order chi connectivity index (χ1) is 15.5. The van der Waals surface area contributed by atoms with Gasteiger partial charge in [-0.3, -0.25) is 14.5 Å². The van der Waals surface area contributed by atoms with E-state index in [1.165, 1.54) is 29.2 Å². The fourth-order valence-electron chi connectivity index (χ4n) is 4.30. The summed E-state index contributed by atoms with van der Waals surface area (Å²) < 4.78 is 18.9. The normalized spacial score (nSPS) is 14.8. The maximum absolute atomic E-state index is 13.8. The van der Waals surface area contributed by atoms with Gasteiger partial charge in [-0.15, -0.1) is 0 Å². The number of hydrogen-bond donors (Lipinski definition) is 1. The Morgan fingerprint density at radius 2 is 1.72 bits per heavy atom. The zero-order valence-electron chi connectivity index (χ0n) is 18.2. The van der Waals surface area contributed by atoms with Crippen LogP contribution < -0.4 is 10.2 Å². The first kappa shape index (κ1) is 21.7. The number of aryl methyl sites for hydroxylation is 2. The monoisotopic (exact) mass is 435 g/mol. The quantitative estimate of drug-likeness (QED) is 0.599. The molecule has 6 nitrogen and oxygen atoms in total. The van der Waals surface area contributed by atoms with Crippen LogP contribution in [0.5, 0.6) is 0 Å². The molecule has 0 aliphatic heterocycles. The van der Waals surface area contributed by atoms with Gasteiger partial charge in [0.25, 0.3) is 5.91 Å². The standard InChI is InChI=1S/C25H26FN3O3/c1-16-22(17(2)32-28-16)25(31)29(21-14-12-19(26)13-15-21)23(18-8-4-3-5-9-18)24(30)27-20-10-6-7-11-20/h3-5,8-9,12-15,20,23H,6-7,10-11H2,1-2H3,(H,27,30)/t23-/m0/s1. The lowest BCUT2D eigenvalue weighted by molar-refractivity contribution is -0.123. The van der Waals surface area contributed by atoms with Gasteiger partial charge in [-0.2, -0.15) is 0 Å². The molecule has 2 amide bonds. The number of nitrogens with zero attached hydrogens (tertiary/aromatic N) is 2. The molecule has 1 saturated carbocycles. The van der Waals surface area contributed by atoms with Crippen molar-refractivity contribution in [3.05, 3.63) is 83.0 Å². The molecule has 1 N–H and O–H groups in total. The zero-order chi connectivity index (χ0) is 22.7. The number of aromatic nitrogens is 1. The molecule has 7 heteroatoms. The van der Waals surface area contributed by atoms with Crippen LogP contribution in [0.25, 0.3) is 0 Å². The topological polar surface area (TPSA) is 75.4 Å². The van der Waals surface area contributed by atoms with E-state index in [2.05, 4.69) is 10.5 Å². The molecule has 0 radical (unpaired) electrons. The van der Waals surface area contributed by atoms with Crippen molar-refractivity contribution >= 4 is 17.5 Å². The largest absolute Gasteiger partial charge is 0.361 e. The Bertz CT molecular complexity index is 1070. The number of anilines is 1. The van der Waals surface area contributed by atoms with Crippen molar-refractivity contribution < 1.29 is 18.5 Å². The number of nitrogens with one attached hydrogen (secondary N) is 1. The van der Waals surface area contributed by atoms with Gasteiger partial charge >= 0.3 is 0 Å². The minimum atomic E-state index is -0.941. The van der Waals surface area contributed by atoms with Crippen molar-refractivity contribution in [1.29, 1.82) is 0 Å². The molecule has 0 unspecified atom stereocenters. The first-order valence-electron chi connectivity index (χ1n) is 10.8. The number of carbonyl (C=O) groups is 2. The summed E-state index contributed by atoms with van der Waals surface area (Å²) in [6.07, 6.45) is 3.98. The molecule has 1 aliphatic rings. The molecule has 0 saturated heterocycles. The summed E-state index contributed by atoms with van der Waals surface area (Å²) >= 11 is 0. The maximum Gasteiger partial charge on any atom is 0.264 e. The van der Waals surface area contributed by atoms with E-state index in [1.807, 2.05) is 30.3 Å². The number of carbonyl (C=O) groups excluding carboxylic acids is 2. The van der Waals surface area contributed by atoms with Gasteiger partial charge in [0.2, 0.25) is 5.91 Å². The van der Waals surface area contributed by atoms with E-state index in [4.69, 9.17) is 4.52 Å². The molecule has 1 aromatic heterocycles. The highest BCUT2D eigenvalue weighted by Crippen LogP contribution is 2.32. The van der Waals surface area contributed by atoms with Gasteiger partial charge in [-0.1, -0.05) is 48.3 Å². The van der Waals surface area contributed by atoms with Gasteiger partial charge in [0.05, 0.1) is 5.69 Å². The summed E-state index contributed by atoms with van der Waals surface area (Å²) in [6, 6.07) is 13.8. The van der Waals surface area contributed by atoms with Crippen LogP contribution in [-0.2, 0) is 4.79 Å². The van der Waals surface area contributed by atoms with Gasteiger partial charge in [0.1, 0.15) is 23.2 Å². The van der Waals surface area contributed by atoms with E-state index in [1.54, 1.807) is 13.8 Å². The molecular formula is C25H26FN3O3. The number of benzene rings is 2. The fraction of sp³-hybridized carbons (Fsp3) is 0.320. The Morgan fingerprint density at radius 3 is 2.31 bits per heavy atom. The van der Waals surface area contributed by atoms with Crippen molar-refractivity contribution in [1.82, 2.24) is 10.5 Å². The van der Waals surface area contributed by atoms with Crippen LogP contribution in [0.15, 0.2) is 59.1 Å². The van der Waals surface area contributed by atoms with Crippen LogP contribution in [0.3, 0.4) is 0 Å². The Balaban J connectivity index is 1.83. The molecule has 2 aromatic carbocycles. The van der Waals surface area contributed by atoms with Crippen molar-refractivity contribution in [3.8, 4) is 0 Å². The Hall–Kier alpha value is -3.48. The van der Waals surface area contributed by atoms with Gasteiger partial charge in [0, 0.05) is 11.7 Å². The highest BCUT2D eigenvalue weighted by molar-refractivity contribution is 6.11. The molecule has 1 aliphatic carbocycles. The molecule has 0 bridgehead atoms. The predicted octanol–water partition coefficient (Wildman–Crippen LogP) is 4.88. The van der Waals surface area contributed by atoms with Crippen molar-refractivity contribution in [3.63, 3.8) is 0 Å². The van der Waals surface area contributed by atoms with Gasteiger partial charge in [-0.25, -0.2) is 4.39 Å². The van der Waals surface area contributed by atoms with Crippen LogP contribution in [0.4, 0.5) is 10.1 Å². The summed E-state index contributed by atoms with van der Waals surface area (Å²) in [5.74, 6) is -0.761. The highest BCUT2D eigenvalue weighted by atomic mass is 19.1. The molecule has 32 heavy (non-hydrogen) atoms. The molecule has 1 atom stereocenters. The van der Waals surface area contributed by atoms with Crippen LogP contribution >= 0.6 is 0 Å². The third-order valence-corrected chi connectivity index (χ3v) is 5.89. The second-order valence-electron chi connectivity index (χ2n) is 8.15. The number of rotatable bonds is 6. The first-order valence-corrected chi connectivity index (χ1v) is 10.8. The maximum atomic E-state index is 13.8. The molecule has 3 aromatic rings. The van der Waals surface area contributed by atoms with Crippen LogP contribution in [0.1, 0.15) is 59.1 Å². The van der Waals surface area contributed by atoms with E-state index in [0.29, 0.717) is 28.3 Å². The third-order valence-electron chi connectivity index (χ3n) is 5.89. The van der Waals surface area contributed by atoms with Gasteiger partial charge in [-0.05, 0) is 56.5 Å². The Morgan fingerprint density at radius 1 is 1.06 bits per heavy atom. The molecule has 1 heterocycles. The lowest BCUT2D eigenvalue weighted by Crippen LogP contribution is -2.46. The lowest BCUT2D eigenvalue weighted by atomic mass is 10.0. The Kier molecular flexibility index (Phi) is 6.35. The molecule has 1 fully saturated rings. The van der Waals surface area contributed by atoms with Gasteiger partial charge in [0.15, 0.2) is 0 Å². The summed E-state index contributed by atoms with van der Waals surface area (Å²) in [5, 5.41) is 7.03. The molecule has 4 rings (SSSR count). The second-order valence-corrected chi connectivity index (χ2v) is 8.15. The van der Waals surface area contributed by atoms with Crippen molar-refractivity contribution in [2.75, 3.05) is 4.90 Å². The smallest absolute Gasteiger partial charge is 0.264 e. The Labute approximate surface area is 186 Å². The van der Waals surface area contributed by atoms with Crippen molar-refractivity contribution in [2.45, 2.75) is 51.6 Å². The summed E-state index contributed by atoms with van der Waals surface area (Å²) in [7, 11) is 0. The molecule has 166 valence electrons. The van der Waals surface area contributed by atoms with Crippen LogP contribution in [0, 0.1) is 19.7 Å². The minimum Gasteiger partial charge on any atom is -0.361 e.